The molecule has 324 valence electrons. The summed E-state index contributed by atoms with van der Waals surface area (Å²) in [6.07, 6.45) is 0. The standard InChI is InChI=1S/C68H47N/c1-68(52-26-9-4-10-27-52)64-34-16-15-31-60(64)61-42-40-55(45-65(61)68)69(54-28-17-25-51(43-54)57-33-18-24-47-19-11-12-29-56(47)57)53-38-35-46(36-39-53)50-37-41-59-58-30-13-14-32-62(58)66(48-20-5-2-6-21-48)67(63(59)44-50)49-22-7-3-8-23-49/h2-45H,1H3. The molecule has 1 heteroatoms. The summed E-state index contributed by atoms with van der Waals surface area (Å²) in [5, 5.41) is 7.50. The zero-order chi connectivity index (χ0) is 45.9. The van der Waals surface area contributed by atoms with Crippen molar-refractivity contribution in [3.63, 3.8) is 0 Å². The van der Waals surface area contributed by atoms with Gasteiger partial charge in [-0.15, -0.1) is 0 Å². The zero-order valence-corrected chi connectivity index (χ0v) is 38.4. The third-order valence-corrected chi connectivity index (χ3v) is 14.7. The van der Waals surface area contributed by atoms with Crippen LogP contribution in [0.4, 0.5) is 17.1 Å². The first-order valence-corrected chi connectivity index (χ1v) is 24.0. The van der Waals surface area contributed by atoms with Gasteiger partial charge in [-0.05, 0) is 154 Å². The quantitative estimate of drug-likeness (QED) is 0.138. The van der Waals surface area contributed by atoms with Crippen LogP contribution >= 0.6 is 0 Å². The molecule has 1 nitrogen and oxygen atoms in total. The summed E-state index contributed by atoms with van der Waals surface area (Å²) in [6.45, 7) is 2.40. The Hall–Kier alpha value is -8.78. The van der Waals surface area contributed by atoms with Gasteiger partial charge in [-0.2, -0.15) is 0 Å². The molecule has 0 saturated heterocycles. The Morgan fingerprint density at radius 3 is 1.57 bits per heavy atom. The second-order valence-electron chi connectivity index (χ2n) is 18.5. The molecule has 1 atom stereocenters. The highest BCUT2D eigenvalue weighted by Gasteiger charge is 2.41. The van der Waals surface area contributed by atoms with Crippen molar-refractivity contribution in [2.24, 2.45) is 0 Å². The first-order valence-electron chi connectivity index (χ1n) is 24.0. The lowest BCUT2D eigenvalue weighted by Gasteiger charge is -2.31. The van der Waals surface area contributed by atoms with Gasteiger partial charge in [0, 0.05) is 22.5 Å². The summed E-state index contributed by atoms with van der Waals surface area (Å²) in [5.41, 5.74) is 19.2. The number of rotatable bonds is 8. The maximum atomic E-state index is 2.45. The first-order chi connectivity index (χ1) is 34.1. The van der Waals surface area contributed by atoms with E-state index in [0.29, 0.717) is 0 Å². The van der Waals surface area contributed by atoms with Crippen LogP contribution in [-0.4, -0.2) is 0 Å². The SMILES string of the molecule is CC1(c2ccccc2)c2ccccc2-c2ccc(N(c3ccc(-c4ccc5c(c4)c(-c4ccccc4)c(-c4ccccc4)c4ccccc45)cc3)c3cccc(-c4cccc5ccccc45)c3)cc21. The zero-order valence-electron chi connectivity index (χ0n) is 38.4. The lowest BCUT2D eigenvalue weighted by Crippen LogP contribution is -2.22. The van der Waals surface area contributed by atoms with Crippen LogP contribution in [0.1, 0.15) is 23.6 Å². The Labute approximate surface area is 403 Å². The van der Waals surface area contributed by atoms with Crippen molar-refractivity contribution in [2.75, 3.05) is 4.90 Å². The molecule has 0 aliphatic heterocycles. The Morgan fingerprint density at radius 1 is 0.275 bits per heavy atom. The van der Waals surface area contributed by atoms with Crippen molar-refractivity contribution in [3.05, 3.63) is 284 Å². The fourth-order valence-electron chi connectivity index (χ4n) is 11.4. The van der Waals surface area contributed by atoms with Crippen molar-refractivity contribution in [2.45, 2.75) is 12.3 Å². The maximum absolute atomic E-state index is 2.45. The van der Waals surface area contributed by atoms with Gasteiger partial charge in [0.2, 0.25) is 0 Å². The van der Waals surface area contributed by atoms with E-state index in [9.17, 15) is 0 Å². The number of fused-ring (bicyclic) bond motifs is 7. The van der Waals surface area contributed by atoms with E-state index in [1.54, 1.807) is 0 Å². The number of hydrogen-bond donors (Lipinski definition) is 0. The molecule has 1 unspecified atom stereocenters. The van der Waals surface area contributed by atoms with E-state index in [4.69, 9.17) is 0 Å². The second kappa shape index (κ2) is 16.5. The van der Waals surface area contributed by atoms with E-state index in [1.807, 2.05) is 0 Å². The number of hydrogen-bond acceptors (Lipinski definition) is 1. The molecule has 0 N–H and O–H groups in total. The number of anilines is 3. The molecule has 0 aromatic heterocycles. The fraction of sp³-hybridized carbons (Fsp3) is 0.0294. The van der Waals surface area contributed by atoms with Gasteiger partial charge in [0.15, 0.2) is 0 Å². The van der Waals surface area contributed by atoms with E-state index in [1.165, 1.54) is 105 Å². The van der Waals surface area contributed by atoms with Crippen LogP contribution in [0.15, 0.2) is 267 Å². The van der Waals surface area contributed by atoms with Gasteiger partial charge in [0.25, 0.3) is 0 Å². The van der Waals surface area contributed by atoms with E-state index >= 15 is 0 Å². The summed E-state index contributed by atoms with van der Waals surface area (Å²) < 4.78 is 0. The van der Waals surface area contributed by atoms with Gasteiger partial charge in [0.1, 0.15) is 0 Å². The largest absolute Gasteiger partial charge is 0.310 e. The van der Waals surface area contributed by atoms with Crippen LogP contribution in [0.2, 0.25) is 0 Å². The Morgan fingerprint density at radius 2 is 0.797 bits per heavy atom. The number of nitrogens with zero attached hydrogens (tertiary/aromatic N) is 1. The van der Waals surface area contributed by atoms with Crippen LogP contribution in [0.25, 0.3) is 88.0 Å². The van der Waals surface area contributed by atoms with E-state index < -0.39 is 0 Å². The molecule has 13 rings (SSSR count). The van der Waals surface area contributed by atoms with Crippen molar-refractivity contribution in [3.8, 4) is 55.6 Å². The van der Waals surface area contributed by atoms with Gasteiger partial charge in [-0.25, -0.2) is 0 Å². The third kappa shape index (κ3) is 6.69. The molecule has 0 heterocycles. The normalized spacial score (nSPS) is 13.9. The molecule has 0 fully saturated rings. The molecule has 0 bridgehead atoms. The fourth-order valence-corrected chi connectivity index (χ4v) is 11.4. The van der Waals surface area contributed by atoms with Crippen molar-refractivity contribution < 1.29 is 0 Å². The van der Waals surface area contributed by atoms with Crippen LogP contribution in [-0.2, 0) is 5.41 Å². The van der Waals surface area contributed by atoms with Crippen LogP contribution < -0.4 is 4.90 Å². The molecular formula is C68H47N. The van der Waals surface area contributed by atoms with Crippen LogP contribution in [0.5, 0.6) is 0 Å². The Kier molecular flexibility index (Phi) is 9.70. The lowest BCUT2D eigenvalue weighted by molar-refractivity contribution is 0.714. The lowest BCUT2D eigenvalue weighted by atomic mass is 9.74. The van der Waals surface area contributed by atoms with Gasteiger partial charge >= 0.3 is 0 Å². The van der Waals surface area contributed by atoms with Gasteiger partial charge in [-0.1, -0.05) is 224 Å². The molecular weight excluding hydrogens is 831 g/mol. The summed E-state index contributed by atoms with van der Waals surface area (Å²) in [6, 6.07) is 98.4. The summed E-state index contributed by atoms with van der Waals surface area (Å²) in [7, 11) is 0. The predicted molar refractivity (Wildman–Crippen MR) is 293 cm³/mol. The average molecular weight is 878 g/mol. The van der Waals surface area contributed by atoms with Gasteiger partial charge < -0.3 is 4.90 Å². The molecule has 0 saturated carbocycles. The first kappa shape index (κ1) is 40.5. The molecule has 12 aromatic carbocycles. The molecule has 12 aromatic rings. The third-order valence-electron chi connectivity index (χ3n) is 14.7. The summed E-state index contributed by atoms with van der Waals surface area (Å²) >= 11 is 0. The van der Waals surface area contributed by atoms with E-state index in [2.05, 4.69) is 279 Å². The minimum atomic E-state index is -0.329. The Balaban J connectivity index is 0.984. The highest BCUT2D eigenvalue weighted by molar-refractivity contribution is 6.22. The minimum absolute atomic E-state index is 0.329. The van der Waals surface area contributed by atoms with Gasteiger partial charge in [-0.3, -0.25) is 0 Å². The Bertz CT molecular complexity index is 3890. The molecule has 0 amide bonds. The van der Waals surface area contributed by atoms with E-state index in [-0.39, 0.29) is 5.41 Å². The molecule has 0 spiro atoms. The monoisotopic (exact) mass is 877 g/mol. The van der Waals surface area contributed by atoms with E-state index in [0.717, 1.165) is 17.1 Å². The number of benzene rings is 12. The van der Waals surface area contributed by atoms with Crippen LogP contribution in [0, 0.1) is 0 Å². The summed E-state index contributed by atoms with van der Waals surface area (Å²) in [5.74, 6) is 0. The average Bonchev–Trinajstić information content (AvgIpc) is 3.69. The topological polar surface area (TPSA) is 3.24 Å². The van der Waals surface area contributed by atoms with Gasteiger partial charge in [0.05, 0.1) is 0 Å². The molecule has 1 aliphatic rings. The second-order valence-corrected chi connectivity index (χ2v) is 18.5. The maximum Gasteiger partial charge on any atom is 0.0467 e. The van der Waals surface area contributed by atoms with Crippen LogP contribution in [0.3, 0.4) is 0 Å². The molecule has 1 aliphatic carbocycles. The van der Waals surface area contributed by atoms with Crippen molar-refractivity contribution in [1.29, 1.82) is 0 Å². The predicted octanol–water partition coefficient (Wildman–Crippen LogP) is 18.6. The van der Waals surface area contributed by atoms with Crippen molar-refractivity contribution >= 4 is 49.4 Å². The highest BCUT2D eigenvalue weighted by atomic mass is 15.1. The smallest absolute Gasteiger partial charge is 0.0467 e. The summed E-state index contributed by atoms with van der Waals surface area (Å²) in [4.78, 5) is 2.44. The minimum Gasteiger partial charge on any atom is -0.310 e. The van der Waals surface area contributed by atoms with Crippen molar-refractivity contribution in [1.82, 2.24) is 0 Å². The molecule has 69 heavy (non-hydrogen) atoms. The highest BCUT2D eigenvalue weighted by Crippen LogP contribution is 2.54. The molecule has 0 radical (unpaired) electrons.